The van der Waals surface area contributed by atoms with Crippen LogP contribution in [0.2, 0.25) is 0 Å². The summed E-state index contributed by atoms with van der Waals surface area (Å²) in [7, 11) is 1.72. The first-order chi connectivity index (χ1) is 9.56. The number of carbonyl (C=O) groups is 1. The molecule has 0 aromatic rings. The zero-order valence-corrected chi connectivity index (χ0v) is 13.8. The van der Waals surface area contributed by atoms with Crippen LogP contribution in [0.1, 0.15) is 59.8 Å². The van der Waals surface area contributed by atoms with Crippen molar-refractivity contribution in [2.24, 2.45) is 5.92 Å². The van der Waals surface area contributed by atoms with E-state index in [1.807, 2.05) is 0 Å². The Morgan fingerprint density at radius 2 is 1.95 bits per heavy atom. The van der Waals surface area contributed by atoms with E-state index in [1.165, 1.54) is 0 Å². The normalized spacial score (nSPS) is 24.7. The Morgan fingerprint density at radius 3 is 2.45 bits per heavy atom. The summed E-state index contributed by atoms with van der Waals surface area (Å²) in [6, 6.07) is 0.174. The highest BCUT2D eigenvalue weighted by molar-refractivity contribution is 5.84. The Kier molecular flexibility index (Phi) is 7.52. The van der Waals surface area contributed by atoms with Crippen molar-refractivity contribution >= 4 is 5.91 Å². The molecule has 1 N–H and O–H groups in total. The molecule has 20 heavy (non-hydrogen) atoms. The summed E-state index contributed by atoms with van der Waals surface area (Å²) in [5.74, 6) is 0.678. The molecular formula is C16H32N2O2. The second-order valence-corrected chi connectivity index (χ2v) is 6.18. The molecule has 0 aliphatic carbocycles. The van der Waals surface area contributed by atoms with Crippen LogP contribution in [0.25, 0.3) is 0 Å². The summed E-state index contributed by atoms with van der Waals surface area (Å²) in [5, 5.41) is 3.54. The quantitative estimate of drug-likeness (QED) is 0.708. The molecular weight excluding hydrogens is 252 g/mol. The smallest absolute Gasteiger partial charge is 0.241 e. The third-order valence-corrected chi connectivity index (χ3v) is 4.15. The Labute approximate surface area is 124 Å². The van der Waals surface area contributed by atoms with Gasteiger partial charge in [-0.2, -0.15) is 0 Å². The SMILES string of the molecule is CCCCC1NC(CCC)N(C(COC)C(C)C)C1=O. The maximum atomic E-state index is 12.7. The van der Waals surface area contributed by atoms with E-state index in [4.69, 9.17) is 4.74 Å². The first kappa shape index (κ1) is 17.4. The number of nitrogens with zero attached hydrogens (tertiary/aromatic N) is 1. The zero-order valence-electron chi connectivity index (χ0n) is 13.8. The molecule has 1 fully saturated rings. The van der Waals surface area contributed by atoms with Crippen molar-refractivity contribution in [3.8, 4) is 0 Å². The lowest BCUT2D eigenvalue weighted by Crippen LogP contribution is -2.49. The Bertz CT molecular complexity index is 294. The van der Waals surface area contributed by atoms with E-state index in [0.29, 0.717) is 12.5 Å². The van der Waals surface area contributed by atoms with Crippen LogP contribution in [0.15, 0.2) is 0 Å². The standard InChI is InChI=1S/C16H32N2O2/c1-6-8-10-13-16(19)18(15(17-13)9-7-2)14(11-20-5)12(3)4/h12-15,17H,6-11H2,1-5H3. The van der Waals surface area contributed by atoms with Crippen molar-refractivity contribution in [3.63, 3.8) is 0 Å². The summed E-state index contributed by atoms with van der Waals surface area (Å²) in [6.45, 7) is 9.29. The average Bonchev–Trinajstić information content (AvgIpc) is 2.70. The van der Waals surface area contributed by atoms with Gasteiger partial charge in [0.15, 0.2) is 0 Å². The second kappa shape index (κ2) is 8.63. The van der Waals surface area contributed by atoms with Crippen LogP contribution in [-0.4, -0.2) is 42.8 Å². The molecule has 0 spiro atoms. The van der Waals surface area contributed by atoms with Gasteiger partial charge in [0.1, 0.15) is 0 Å². The maximum absolute atomic E-state index is 12.7. The fraction of sp³-hybridized carbons (Fsp3) is 0.938. The fourth-order valence-electron chi connectivity index (χ4n) is 2.99. The average molecular weight is 284 g/mol. The molecule has 4 nitrogen and oxygen atoms in total. The van der Waals surface area contributed by atoms with Gasteiger partial charge in [0.05, 0.1) is 24.9 Å². The van der Waals surface area contributed by atoms with Crippen LogP contribution < -0.4 is 5.32 Å². The molecule has 1 aliphatic heterocycles. The van der Waals surface area contributed by atoms with Gasteiger partial charge in [-0.15, -0.1) is 0 Å². The Morgan fingerprint density at radius 1 is 1.25 bits per heavy atom. The van der Waals surface area contributed by atoms with Crippen LogP contribution in [0, 0.1) is 5.92 Å². The minimum Gasteiger partial charge on any atom is -0.383 e. The number of methoxy groups -OCH3 is 1. The molecule has 1 heterocycles. The van der Waals surface area contributed by atoms with Gasteiger partial charge in [0.25, 0.3) is 0 Å². The van der Waals surface area contributed by atoms with Gasteiger partial charge in [-0.3, -0.25) is 10.1 Å². The van der Waals surface area contributed by atoms with E-state index >= 15 is 0 Å². The van der Waals surface area contributed by atoms with E-state index < -0.39 is 0 Å². The number of rotatable bonds is 9. The zero-order chi connectivity index (χ0) is 15.1. The van der Waals surface area contributed by atoms with Crippen LogP contribution in [0.5, 0.6) is 0 Å². The maximum Gasteiger partial charge on any atom is 0.241 e. The van der Waals surface area contributed by atoms with E-state index in [0.717, 1.165) is 32.1 Å². The summed E-state index contributed by atoms with van der Waals surface area (Å²) in [4.78, 5) is 14.8. The Hall–Kier alpha value is -0.610. The second-order valence-electron chi connectivity index (χ2n) is 6.18. The molecule has 3 unspecified atom stereocenters. The highest BCUT2D eigenvalue weighted by Crippen LogP contribution is 2.24. The summed E-state index contributed by atoms with van der Waals surface area (Å²) >= 11 is 0. The van der Waals surface area contributed by atoms with Crippen LogP contribution >= 0.6 is 0 Å². The van der Waals surface area contributed by atoms with Crippen molar-refractivity contribution in [3.05, 3.63) is 0 Å². The van der Waals surface area contributed by atoms with E-state index in [9.17, 15) is 4.79 Å². The predicted octanol–water partition coefficient (Wildman–Crippen LogP) is 2.77. The monoisotopic (exact) mass is 284 g/mol. The highest BCUT2D eigenvalue weighted by atomic mass is 16.5. The lowest BCUT2D eigenvalue weighted by Gasteiger charge is -2.35. The lowest BCUT2D eigenvalue weighted by atomic mass is 10.0. The number of nitrogens with one attached hydrogen (secondary N) is 1. The number of ether oxygens (including phenoxy) is 1. The minimum atomic E-state index is 0.00426. The first-order valence-corrected chi connectivity index (χ1v) is 8.13. The first-order valence-electron chi connectivity index (χ1n) is 8.13. The third kappa shape index (κ3) is 4.19. The van der Waals surface area contributed by atoms with Crippen molar-refractivity contribution in [1.82, 2.24) is 10.2 Å². The molecule has 0 aromatic carbocycles. The van der Waals surface area contributed by atoms with Gasteiger partial charge in [-0.25, -0.2) is 0 Å². The summed E-state index contributed by atoms with van der Waals surface area (Å²) in [5.41, 5.74) is 0. The number of unbranched alkanes of at least 4 members (excludes halogenated alkanes) is 1. The number of hydrogen-bond acceptors (Lipinski definition) is 3. The molecule has 1 saturated heterocycles. The van der Waals surface area contributed by atoms with Gasteiger partial charge in [0.2, 0.25) is 5.91 Å². The third-order valence-electron chi connectivity index (χ3n) is 4.15. The lowest BCUT2D eigenvalue weighted by molar-refractivity contribution is -0.134. The fourth-order valence-corrected chi connectivity index (χ4v) is 2.99. The molecule has 0 saturated carbocycles. The van der Waals surface area contributed by atoms with Gasteiger partial charge < -0.3 is 9.64 Å². The van der Waals surface area contributed by atoms with Crippen molar-refractivity contribution < 1.29 is 9.53 Å². The van der Waals surface area contributed by atoms with Crippen molar-refractivity contribution in [2.45, 2.75) is 78.0 Å². The molecule has 1 rings (SSSR count). The number of carbonyl (C=O) groups excluding carboxylic acids is 1. The molecule has 1 aliphatic rings. The Balaban J connectivity index is 2.84. The van der Waals surface area contributed by atoms with E-state index in [1.54, 1.807) is 7.11 Å². The molecule has 0 bridgehead atoms. The minimum absolute atomic E-state index is 0.00426. The molecule has 3 atom stereocenters. The van der Waals surface area contributed by atoms with Gasteiger partial charge in [-0.1, -0.05) is 47.0 Å². The molecule has 118 valence electrons. The van der Waals surface area contributed by atoms with Gasteiger partial charge in [0, 0.05) is 7.11 Å². The van der Waals surface area contributed by atoms with Crippen molar-refractivity contribution in [1.29, 1.82) is 0 Å². The molecule has 1 amide bonds. The molecule has 0 radical (unpaired) electrons. The van der Waals surface area contributed by atoms with Crippen LogP contribution in [0.4, 0.5) is 0 Å². The van der Waals surface area contributed by atoms with Gasteiger partial charge >= 0.3 is 0 Å². The molecule has 4 heteroatoms. The number of amides is 1. The van der Waals surface area contributed by atoms with Crippen LogP contribution in [-0.2, 0) is 9.53 Å². The predicted molar refractivity (Wildman–Crippen MR) is 82.5 cm³/mol. The van der Waals surface area contributed by atoms with E-state index in [2.05, 4.69) is 37.9 Å². The van der Waals surface area contributed by atoms with Crippen LogP contribution in [0.3, 0.4) is 0 Å². The largest absolute Gasteiger partial charge is 0.383 e. The number of hydrogen-bond donors (Lipinski definition) is 1. The van der Waals surface area contributed by atoms with Gasteiger partial charge in [-0.05, 0) is 18.8 Å². The summed E-state index contributed by atoms with van der Waals surface area (Å²) in [6.07, 6.45) is 5.46. The highest BCUT2D eigenvalue weighted by Gasteiger charge is 2.42. The summed E-state index contributed by atoms with van der Waals surface area (Å²) < 4.78 is 5.35. The van der Waals surface area contributed by atoms with Crippen molar-refractivity contribution in [2.75, 3.05) is 13.7 Å². The topological polar surface area (TPSA) is 41.6 Å². The molecule has 0 aromatic heterocycles. The van der Waals surface area contributed by atoms with E-state index in [-0.39, 0.29) is 24.2 Å².